The van der Waals surface area contributed by atoms with Crippen LogP contribution >= 0.6 is 0 Å². The van der Waals surface area contributed by atoms with Gasteiger partial charge in [-0.3, -0.25) is 0 Å². The van der Waals surface area contributed by atoms with Crippen molar-refractivity contribution in [2.45, 2.75) is 17.3 Å². The maximum Gasteiger partial charge on any atom is 0.129 e. The average Bonchev–Trinajstić information content (AvgIpc) is 4.40. The van der Waals surface area contributed by atoms with Gasteiger partial charge in [-0.2, -0.15) is 0 Å². The predicted molar refractivity (Wildman–Crippen MR) is 293 cm³/mol. The van der Waals surface area contributed by atoms with Crippen molar-refractivity contribution < 1.29 is 4.79 Å². The van der Waals surface area contributed by atoms with Crippen molar-refractivity contribution in [3.8, 4) is 0 Å². The molecule has 5 aliphatic carbocycles. The highest BCUT2D eigenvalue weighted by atomic mass is 16.1. The molecule has 1 nitrogen and oxygen atoms in total. The second-order valence-electron chi connectivity index (χ2n) is 26.0. The van der Waals surface area contributed by atoms with Crippen LogP contribution in [0, 0.1) is 5.41 Å². The van der Waals surface area contributed by atoms with Crippen molar-refractivity contribution in [1.82, 2.24) is 0 Å². The zero-order chi connectivity index (χ0) is 41.5. The van der Waals surface area contributed by atoms with Crippen LogP contribution < -0.4 is 0 Å². The minimum atomic E-state index is -0.689. The molecule has 0 amide bonds. The van der Waals surface area contributed by atoms with E-state index in [4.69, 9.17) is 0 Å². The predicted octanol–water partition coefficient (Wildman–Crippen LogP) is 17.7. The molecule has 0 aliphatic heterocycles. The SMILES string of the molecule is O=CC1(Cc2ccccc2)C23c4c5c6c7c8c9c(c%10c%11c2c2c4c4c%12c5c5c6c6c8c8c%13c9c9c%10c%10c%11c%11c2c2c4c4c%12c%12c5c5c6c8c6c8c%13c9c9c%10c%10c%11c2c2c4c4c%12c5c6c5c8c9c%10c2c45)C713. The lowest BCUT2D eigenvalue weighted by Crippen LogP contribution is -2.27. The second-order valence-corrected chi connectivity index (χ2v) is 26.0. The minimum Gasteiger partial charge on any atom is -0.303 e. The molecule has 34 rings (SSSR count). The van der Waals surface area contributed by atoms with Crippen LogP contribution in [-0.4, -0.2) is 6.29 Å². The lowest BCUT2D eigenvalue weighted by atomic mass is 9.68. The Morgan fingerprint density at radius 1 is 0.229 bits per heavy atom. The van der Waals surface area contributed by atoms with Gasteiger partial charge in [-0.15, -0.1) is 0 Å². The molecule has 2 spiro atoms. The molecule has 0 unspecified atom stereocenters. The average molecular weight is 853 g/mol. The molecular weight excluding hydrogens is 845 g/mol. The first-order valence-corrected chi connectivity index (χ1v) is 26.1. The van der Waals surface area contributed by atoms with E-state index in [0.29, 0.717) is 0 Å². The molecule has 0 heterocycles. The molecule has 1 fully saturated rings. The minimum absolute atomic E-state index is 0.497. The van der Waals surface area contributed by atoms with E-state index in [2.05, 4.69) is 30.3 Å². The first-order chi connectivity index (χ1) is 34.9. The monoisotopic (exact) mass is 852 g/mol. The van der Waals surface area contributed by atoms with E-state index in [0.717, 1.165) is 6.42 Å². The Bertz CT molecular complexity index is 6840. The zero-order valence-electron chi connectivity index (χ0n) is 35.6. The van der Waals surface area contributed by atoms with Crippen LogP contribution in [0.15, 0.2) is 30.3 Å². The molecule has 1 heteroatoms. The van der Waals surface area contributed by atoms with Gasteiger partial charge in [0.25, 0.3) is 0 Å². The Morgan fingerprint density at radius 3 is 0.543 bits per heavy atom. The van der Waals surface area contributed by atoms with Gasteiger partial charge in [-0.25, -0.2) is 0 Å². The molecule has 0 saturated heterocycles. The summed E-state index contributed by atoms with van der Waals surface area (Å²) in [7, 11) is 0. The third kappa shape index (κ3) is 1.29. The number of benzene rings is 19. The number of carbonyl (C=O) groups is 1. The van der Waals surface area contributed by atoms with Gasteiger partial charge in [0.2, 0.25) is 0 Å². The van der Waals surface area contributed by atoms with E-state index in [1.54, 1.807) is 319 Å². The van der Waals surface area contributed by atoms with Crippen LogP contribution in [0.1, 0.15) is 27.8 Å². The summed E-state index contributed by atoms with van der Waals surface area (Å²) in [4.78, 5) is 16.0. The summed E-state index contributed by atoms with van der Waals surface area (Å²) >= 11 is 0. The van der Waals surface area contributed by atoms with E-state index in [9.17, 15) is 0 Å². The van der Waals surface area contributed by atoms with Crippen molar-refractivity contribution in [3.63, 3.8) is 0 Å². The molecule has 0 bridgehead atoms. The first-order valence-electron chi connectivity index (χ1n) is 26.1. The molecule has 1 saturated carbocycles. The zero-order valence-corrected chi connectivity index (χ0v) is 35.6. The summed E-state index contributed by atoms with van der Waals surface area (Å²) in [6.07, 6.45) is 2.39. The fourth-order valence-corrected chi connectivity index (χ4v) is 26.2. The molecule has 0 radical (unpaired) electrons. The van der Waals surface area contributed by atoms with Crippen LogP contribution in [-0.2, 0) is 22.0 Å². The van der Waals surface area contributed by atoms with E-state index in [1.807, 2.05) is 0 Å². The molecular formula is C69H8O. The molecule has 5 aliphatic rings. The van der Waals surface area contributed by atoms with Gasteiger partial charge >= 0.3 is 0 Å². The highest BCUT2D eigenvalue weighted by Gasteiger charge is 2.94. The third-order valence-electron chi connectivity index (χ3n) is 26.1. The standard InChI is InChI=1S/C69H8O/c70-7-67(6-8-4-2-1-3-5-8)68-63-55-47-37-27-19-11-9-10-13-17-15(11)23-31-25(17)35-29-21(13)22-14(10)18-16-12(9)20(19)28-34-24(16)32-26(18)36-30(22)40-39(29)49-43(35)53-45(31)51(41(47)33(23)27)59(63)61(53)65-57(49)58-50(40)44(36)54-46(32)52-42(34)48(38(28)37)56(55)64(68)60(52)62(54)66(58)69(65,67)68/h1-5,7H,6H2. The normalized spacial score (nSPS) is 24.3. The third-order valence-corrected chi connectivity index (χ3v) is 26.1. The topological polar surface area (TPSA) is 17.1 Å². The Hall–Kier alpha value is -8.65. The molecule has 29 aromatic rings. The van der Waals surface area contributed by atoms with E-state index < -0.39 is 16.2 Å². The first kappa shape index (κ1) is 25.6. The van der Waals surface area contributed by atoms with Crippen LogP contribution in [0.5, 0.6) is 0 Å². The fourth-order valence-electron chi connectivity index (χ4n) is 26.2. The van der Waals surface area contributed by atoms with Crippen LogP contribution in [0.4, 0.5) is 0 Å². The summed E-state index contributed by atoms with van der Waals surface area (Å²) in [5.74, 6) is 0. The van der Waals surface area contributed by atoms with Crippen molar-refractivity contribution >= 4 is 297 Å². The van der Waals surface area contributed by atoms with Gasteiger partial charge in [0.05, 0.1) is 16.2 Å². The van der Waals surface area contributed by atoms with Gasteiger partial charge in [0.1, 0.15) is 6.29 Å². The lowest BCUT2D eigenvalue weighted by molar-refractivity contribution is -0.113. The molecule has 0 N–H and O–H groups in total. The smallest absolute Gasteiger partial charge is 0.129 e. The number of carbonyl (C=O) groups excluding carboxylic acids is 1. The van der Waals surface area contributed by atoms with Gasteiger partial charge in [0.15, 0.2) is 0 Å². The van der Waals surface area contributed by atoms with E-state index in [-0.39, 0.29) is 0 Å². The van der Waals surface area contributed by atoms with Crippen LogP contribution in [0.25, 0.3) is 291 Å². The van der Waals surface area contributed by atoms with E-state index in [1.165, 1.54) is 5.56 Å². The number of aldehydes is 1. The molecule has 0 aromatic heterocycles. The lowest BCUT2D eigenvalue weighted by Gasteiger charge is -2.32. The largest absolute Gasteiger partial charge is 0.303 e. The number of hydrogen-bond donors (Lipinski definition) is 0. The summed E-state index contributed by atoms with van der Waals surface area (Å²) in [5, 5.41) is 86.8. The molecule has 29 aromatic carbocycles. The van der Waals surface area contributed by atoms with Crippen LogP contribution in [0.3, 0.4) is 0 Å². The Kier molecular flexibility index (Phi) is 2.08. The molecule has 70 heavy (non-hydrogen) atoms. The Balaban J connectivity index is 1.17. The van der Waals surface area contributed by atoms with Crippen molar-refractivity contribution in [3.05, 3.63) is 58.1 Å². The van der Waals surface area contributed by atoms with Gasteiger partial charge in [0, 0.05) is 0 Å². The maximum absolute atomic E-state index is 16.0. The van der Waals surface area contributed by atoms with Gasteiger partial charge in [-0.05, 0) is 325 Å². The molecule has 0 atom stereocenters. The highest BCUT2D eigenvalue weighted by molar-refractivity contribution is 6.82. The summed E-state index contributed by atoms with van der Waals surface area (Å²) < 4.78 is 0. The molecule has 290 valence electrons. The number of rotatable bonds is 3. The highest BCUT2D eigenvalue weighted by Crippen LogP contribution is 2.96. The van der Waals surface area contributed by atoms with Crippen molar-refractivity contribution in [2.24, 2.45) is 5.41 Å². The van der Waals surface area contributed by atoms with Gasteiger partial charge < -0.3 is 4.79 Å². The van der Waals surface area contributed by atoms with Crippen molar-refractivity contribution in [2.75, 3.05) is 0 Å². The van der Waals surface area contributed by atoms with Crippen molar-refractivity contribution in [1.29, 1.82) is 0 Å². The number of hydrogen-bond acceptors (Lipinski definition) is 1. The second kappa shape index (κ2) is 5.69. The fraction of sp³-hybridized carbons (Fsp3) is 0.0580. The summed E-state index contributed by atoms with van der Waals surface area (Å²) in [6.45, 7) is 0. The van der Waals surface area contributed by atoms with E-state index >= 15 is 4.79 Å². The quantitative estimate of drug-likeness (QED) is 0.128. The van der Waals surface area contributed by atoms with Crippen LogP contribution in [0.2, 0.25) is 0 Å². The summed E-state index contributed by atoms with van der Waals surface area (Å²) in [6, 6.07) is 11.4. The Morgan fingerprint density at radius 2 is 0.386 bits per heavy atom. The summed E-state index contributed by atoms with van der Waals surface area (Å²) in [5.41, 5.74) is 6.04. The maximum atomic E-state index is 16.0. The Labute approximate surface area is 380 Å². The van der Waals surface area contributed by atoms with Gasteiger partial charge in [-0.1, -0.05) is 30.3 Å².